The van der Waals surface area contributed by atoms with E-state index in [1.807, 2.05) is 66.7 Å². The number of amides is 1. The Kier molecular flexibility index (Phi) is 5.64. The van der Waals surface area contributed by atoms with Gasteiger partial charge in [0.15, 0.2) is 0 Å². The Morgan fingerprint density at radius 1 is 0.760 bits per heavy atom. The van der Waals surface area contributed by atoms with Crippen LogP contribution >= 0.6 is 0 Å². The van der Waals surface area contributed by atoms with Crippen LogP contribution in [0.1, 0.15) is 22.6 Å². The lowest BCUT2D eigenvalue weighted by atomic mass is 9.91. The summed E-state index contributed by atoms with van der Waals surface area (Å²) >= 11 is 0. The average Bonchev–Trinajstić information content (AvgIpc) is 2.69. The van der Waals surface area contributed by atoms with Crippen LogP contribution in [0.5, 0.6) is 0 Å². The monoisotopic (exact) mass is 325 g/mol. The molecule has 3 rings (SSSR count). The van der Waals surface area contributed by atoms with Crippen molar-refractivity contribution in [2.45, 2.75) is 5.92 Å². The number of carbonyl (C=O) groups is 1. The van der Waals surface area contributed by atoms with Crippen LogP contribution in [0.15, 0.2) is 91.0 Å². The maximum absolute atomic E-state index is 12.1. The lowest BCUT2D eigenvalue weighted by Crippen LogP contribution is -2.27. The summed E-state index contributed by atoms with van der Waals surface area (Å²) in [5.41, 5.74) is 3.18. The van der Waals surface area contributed by atoms with E-state index in [1.54, 1.807) is 0 Å². The molecule has 0 saturated carbocycles. The van der Waals surface area contributed by atoms with Gasteiger partial charge in [-0.2, -0.15) is 0 Å². The Morgan fingerprint density at radius 3 is 1.76 bits per heavy atom. The summed E-state index contributed by atoms with van der Waals surface area (Å²) < 4.78 is 0. The predicted octanol–water partition coefficient (Wildman–Crippen LogP) is 3.99. The van der Waals surface area contributed by atoms with Gasteiger partial charge in [-0.15, -0.1) is 0 Å². The van der Waals surface area contributed by atoms with Crippen LogP contribution in [-0.2, 0) is 4.79 Å². The number of benzene rings is 3. The highest BCUT2D eigenvalue weighted by molar-refractivity contribution is 5.94. The molecule has 2 nitrogen and oxygen atoms in total. The van der Waals surface area contributed by atoms with E-state index in [9.17, 15) is 4.79 Å². The second-order valence-electron chi connectivity index (χ2n) is 5.70. The van der Waals surface area contributed by atoms with Crippen molar-refractivity contribution < 1.29 is 4.79 Å². The van der Waals surface area contributed by atoms with Gasteiger partial charge in [-0.05, 0) is 23.3 Å². The van der Waals surface area contributed by atoms with Crippen LogP contribution in [0.25, 0.3) is 0 Å². The Morgan fingerprint density at radius 2 is 1.24 bits per heavy atom. The van der Waals surface area contributed by atoms with Gasteiger partial charge in [-0.25, -0.2) is 0 Å². The van der Waals surface area contributed by atoms with Crippen LogP contribution in [0, 0.1) is 11.8 Å². The van der Waals surface area contributed by atoms with Crippen LogP contribution in [-0.4, -0.2) is 12.5 Å². The van der Waals surface area contributed by atoms with Gasteiger partial charge < -0.3 is 5.32 Å². The summed E-state index contributed by atoms with van der Waals surface area (Å²) in [5, 5.41) is 2.94. The summed E-state index contributed by atoms with van der Waals surface area (Å²) in [6.45, 7) is 0.510. The first-order valence-electron chi connectivity index (χ1n) is 8.28. The van der Waals surface area contributed by atoms with E-state index in [2.05, 4.69) is 41.4 Å². The van der Waals surface area contributed by atoms with Gasteiger partial charge in [-0.3, -0.25) is 4.79 Å². The third-order valence-electron chi connectivity index (χ3n) is 3.96. The molecule has 0 aliphatic rings. The summed E-state index contributed by atoms with van der Waals surface area (Å²) in [7, 11) is 0. The predicted molar refractivity (Wildman–Crippen MR) is 101 cm³/mol. The molecule has 0 heterocycles. The van der Waals surface area contributed by atoms with Gasteiger partial charge in [0, 0.05) is 23.9 Å². The van der Waals surface area contributed by atoms with E-state index in [1.165, 1.54) is 11.1 Å². The van der Waals surface area contributed by atoms with E-state index in [4.69, 9.17) is 0 Å². The minimum absolute atomic E-state index is 0.102. The van der Waals surface area contributed by atoms with Crippen LogP contribution in [0.2, 0.25) is 0 Å². The molecule has 1 amide bonds. The second-order valence-corrected chi connectivity index (χ2v) is 5.70. The number of nitrogens with one attached hydrogen (secondary N) is 1. The molecule has 0 aliphatic heterocycles. The summed E-state index contributed by atoms with van der Waals surface area (Å²) in [6.07, 6.45) is 0. The molecule has 0 radical (unpaired) electrons. The molecule has 2 heteroatoms. The highest BCUT2D eigenvalue weighted by Crippen LogP contribution is 2.23. The van der Waals surface area contributed by atoms with Crippen molar-refractivity contribution in [1.29, 1.82) is 0 Å². The fraction of sp³-hybridized carbons (Fsp3) is 0.0870. The lowest BCUT2D eigenvalue weighted by molar-refractivity contribution is -0.115. The zero-order chi connectivity index (χ0) is 17.3. The van der Waals surface area contributed by atoms with E-state index in [0.29, 0.717) is 6.54 Å². The average molecular weight is 325 g/mol. The maximum Gasteiger partial charge on any atom is 0.296 e. The Bertz CT molecular complexity index is 822. The maximum atomic E-state index is 12.1. The minimum atomic E-state index is -0.263. The van der Waals surface area contributed by atoms with Crippen LogP contribution in [0.3, 0.4) is 0 Å². The van der Waals surface area contributed by atoms with Crippen molar-refractivity contribution in [3.05, 3.63) is 108 Å². The molecule has 25 heavy (non-hydrogen) atoms. The molecular formula is C23H19NO. The molecule has 122 valence electrons. The third kappa shape index (κ3) is 4.83. The van der Waals surface area contributed by atoms with E-state index < -0.39 is 0 Å². The van der Waals surface area contributed by atoms with Gasteiger partial charge >= 0.3 is 0 Å². The van der Waals surface area contributed by atoms with Crippen molar-refractivity contribution in [1.82, 2.24) is 5.32 Å². The zero-order valence-electron chi connectivity index (χ0n) is 13.9. The smallest absolute Gasteiger partial charge is 0.296 e. The molecule has 3 aromatic carbocycles. The molecule has 0 aliphatic carbocycles. The Hall–Kier alpha value is -3.31. The van der Waals surface area contributed by atoms with Crippen LogP contribution < -0.4 is 5.32 Å². The van der Waals surface area contributed by atoms with E-state index in [0.717, 1.165) is 5.56 Å². The van der Waals surface area contributed by atoms with Gasteiger partial charge in [0.05, 0.1) is 0 Å². The van der Waals surface area contributed by atoms with E-state index >= 15 is 0 Å². The number of carbonyl (C=O) groups excluding carboxylic acids is 1. The van der Waals surface area contributed by atoms with Gasteiger partial charge in [0.2, 0.25) is 0 Å². The lowest BCUT2D eigenvalue weighted by Gasteiger charge is -2.18. The van der Waals surface area contributed by atoms with Gasteiger partial charge in [0.25, 0.3) is 5.91 Å². The van der Waals surface area contributed by atoms with Crippen molar-refractivity contribution in [2.75, 3.05) is 6.54 Å². The standard InChI is InChI=1S/C23H19NO/c25-23(17-16-19-10-4-1-5-11-19)24-18-22(20-12-6-2-7-13-20)21-14-8-3-9-15-21/h1-15,22H,18H2,(H,24,25). The number of hydrogen-bond acceptors (Lipinski definition) is 1. The Labute approximate surface area is 148 Å². The summed E-state index contributed by atoms with van der Waals surface area (Å²) in [5.74, 6) is 5.38. The molecule has 0 aromatic heterocycles. The van der Waals surface area contributed by atoms with Crippen molar-refractivity contribution in [3.8, 4) is 11.8 Å². The second kappa shape index (κ2) is 8.52. The first-order chi connectivity index (χ1) is 12.3. The summed E-state index contributed by atoms with van der Waals surface area (Å²) in [6, 6.07) is 29.9. The minimum Gasteiger partial charge on any atom is -0.344 e. The molecule has 0 atom stereocenters. The molecule has 0 fully saturated rings. The highest BCUT2D eigenvalue weighted by atomic mass is 16.1. The first kappa shape index (κ1) is 16.5. The molecule has 0 saturated heterocycles. The van der Waals surface area contributed by atoms with Crippen molar-refractivity contribution in [3.63, 3.8) is 0 Å². The normalized spacial score (nSPS) is 9.96. The number of rotatable bonds is 4. The van der Waals surface area contributed by atoms with Crippen molar-refractivity contribution >= 4 is 5.91 Å². The SMILES string of the molecule is O=C(C#Cc1ccccc1)NCC(c1ccccc1)c1ccccc1. The Balaban J connectivity index is 1.71. The zero-order valence-corrected chi connectivity index (χ0v) is 13.9. The largest absolute Gasteiger partial charge is 0.344 e. The van der Waals surface area contributed by atoms with Crippen LogP contribution in [0.4, 0.5) is 0 Å². The molecular weight excluding hydrogens is 306 g/mol. The molecule has 0 spiro atoms. The molecule has 0 unspecified atom stereocenters. The fourth-order valence-electron chi connectivity index (χ4n) is 2.69. The topological polar surface area (TPSA) is 29.1 Å². The highest BCUT2D eigenvalue weighted by Gasteiger charge is 2.14. The third-order valence-corrected chi connectivity index (χ3v) is 3.96. The van der Waals surface area contributed by atoms with Crippen molar-refractivity contribution in [2.24, 2.45) is 0 Å². The molecule has 1 N–H and O–H groups in total. The molecule has 3 aromatic rings. The summed E-state index contributed by atoms with van der Waals surface area (Å²) in [4.78, 5) is 12.1. The van der Waals surface area contributed by atoms with Gasteiger partial charge in [0.1, 0.15) is 0 Å². The van der Waals surface area contributed by atoms with Gasteiger partial charge in [-0.1, -0.05) is 84.8 Å². The first-order valence-corrected chi connectivity index (χ1v) is 8.28. The quantitative estimate of drug-likeness (QED) is 0.722. The fourth-order valence-corrected chi connectivity index (χ4v) is 2.69. The molecule has 0 bridgehead atoms. The van der Waals surface area contributed by atoms with E-state index in [-0.39, 0.29) is 11.8 Å². The number of hydrogen-bond donors (Lipinski definition) is 1.